The molecule has 1 aromatic rings. The number of sulfonamides is 1. The predicted molar refractivity (Wildman–Crippen MR) is 67.5 cm³/mol. The van der Waals surface area contributed by atoms with Crippen molar-refractivity contribution in [2.24, 2.45) is 0 Å². The van der Waals surface area contributed by atoms with Crippen LogP contribution >= 0.6 is 0 Å². The van der Waals surface area contributed by atoms with Crippen LogP contribution in [0.2, 0.25) is 0 Å². The van der Waals surface area contributed by atoms with Crippen LogP contribution in [-0.4, -0.2) is 46.9 Å². The number of nitrogens with one attached hydrogen (secondary N) is 1. The fourth-order valence-electron chi connectivity index (χ4n) is 1.76. The Hall–Kier alpha value is -1.31. The molecule has 7 heteroatoms. The van der Waals surface area contributed by atoms with Gasteiger partial charge in [-0.3, -0.25) is 0 Å². The number of aliphatic hydroxyl groups excluding tert-OH is 1. The van der Waals surface area contributed by atoms with Crippen LogP contribution in [0.25, 0.3) is 0 Å². The monoisotopic (exact) mass is 272 g/mol. The van der Waals surface area contributed by atoms with Gasteiger partial charge in [0.05, 0.1) is 23.7 Å². The van der Waals surface area contributed by atoms with Crippen molar-refractivity contribution in [1.82, 2.24) is 4.72 Å². The minimum Gasteiger partial charge on any atom is -0.490 e. The van der Waals surface area contributed by atoms with E-state index in [1.165, 1.54) is 6.07 Å². The molecule has 0 atom stereocenters. The molecule has 0 fully saturated rings. The molecule has 0 unspecified atom stereocenters. The summed E-state index contributed by atoms with van der Waals surface area (Å²) in [5, 5.41) is 8.66. The summed E-state index contributed by atoms with van der Waals surface area (Å²) >= 11 is 0. The first-order valence-corrected chi connectivity index (χ1v) is 7.11. The van der Waals surface area contributed by atoms with Gasteiger partial charge in [-0.25, -0.2) is 13.1 Å². The van der Waals surface area contributed by atoms with E-state index < -0.39 is 10.0 Å². The maximum Gasteiger partial charge on any atom is 0.240 e. The highest BCUT2D eigenvalue weighted by Crippen LogP contribution is 2.32. The van der Waals surface area contributed by atoms with Gasteiger partial charge in [-0.15, -0.1) is 0 Å². The van der Waals surface area contributed by atoms with Crippen LogP contribution in [0.15, 0.2) is 23.1 Å². The van der Waals surface area contributed by atoms with E-state index in [0.717, 1.165) is 12.2 Å². The van der Waals surface area contributed by atoms with Gasteiger partial charge in [0, 0.05) is 13.6 Å². The van der Waals surface area contributed by atoms with Gasteiger partial charge in [-0.2, -0.15) is 0 Å². The number of hydrogen-bond donors (Lipinski definition) is 2. The maximum atomic E-state index is 11.9. The molecule has 1 heterocycles. The maximum absolute atomic E-state index is 11.9. The summed E-state index contributed by atoms with van der Waals surface area (Å²) < 4.78 is 31.6. The lowest BCUT2D eigenvalue weighted by atomic mass is 10.2. The summed E-state index contributed by atoms with van der Waals surface area (Å²) in [6.07, 6.45) is 0. The van der Waals surface area contributed by atoms with Crippen molar-refractivity contribution >= 4 is 15.7 Å². The molecule has 18 heavy (non-hydrogen) atoms. The Labute approximate surface area is 106 Å². The molecule has 0 saturated carbocycles. The van der Waals surface area contributed by atoms with Crippen LogP contribution in [-0.2, 0) is 10.0 Å². The molecule has 0 spiro atoms. The second-order valence-electron chi connectivity index (χ2n) is 4.02. The van der Waals surface area contributed by atoms with E-state index in [1.54, 1.807) is 12.1 Å². The topological polar surface area (TPSA) is 78.9 Å². The largest absolute Gasteiger partial charge is 0.490 e. The third-order valence-corrected chi connectivity index (χ3v) is 4.20. The first-order chi connectivity index (χ1) is 8.54. The number of nitrogens with zero attached hydrogens (tertiary/aromatic N) is 1. The predicted octanol–water partition coefficient (Wildman–Crippen LogP) is -0.214. The average Bonchev–Trinajstić information content (AvgIpc) is 2.36. The Morgan fingerprint density at radius 2 is 2.28 bits per heavy atom. The van der Waals surface area contributed by atoms with Gasteiger partial charge in [0.2, 0.25) is 10.0 Å². The second kappa shape index (κ2) is 5.13. The average molecular weight is 272 g/mol. The molecule has 0 aliphatic carbocycles. The van der Waals surface area contributed by atoms with Crippen molar-refractivity contribution in [3.63, 3.8) is 0 Å². The first-order valence-electron chi connectivity index (χ1n) is 5.63. The van der Waals surface area contributed by atoms with Crippen molar-refractivity contribution in [1.29, 1.82) is 0 Å². The molecule has 0 amide bonds. The van der Waals surface area contributed by atoms with Crippen molar-refractivity contribution in [3.05, 3.63) is 18.2 Å². The summed E-state index contributed by atoms with van der Waals surface area (Å²) in [5.41, 5.74) is 0.758. The lowest BCUT2D eigenvalue weighted by Gasteiger charge is -2.28. The molecule has 0 radical (unpaired) electrons. The van der Waals surface area contributed by atoms with Crippen LogP contribution in [0.4, 0.5) is 5.69 Å². The Bertz CT molecular complexity index is 530. The summed E-state index contributed by atoms with van der Waals surface area (Å²) in [6, 6.07) is 4.73. The molecule has 1 aliphatic rings. The zero-order chi connectivity index (χ0) is 13.2. The standard InChI is InChI=1S/C11H16N2O4S/c1-13-5-7-17-11-3-2-9(8-10(11)13)18(15,16)12-4-6-14/h2-3,8,12,14H,4-7H2,1H3. The minimum atomic E-state index is -3.57. The summed E-state index contributed by atoms with van der Waals surface area (Å²) in [7, 11) is -1.68. The van der Waals surface area contributed by atoms with E-state index in [1.807, 2.05) is 11.9 Å². The van der Waals surface area contributed by atoms with E-state index >= 15 is 0 Å². The van der Waals surface area contributed by atoms with Crippen LogP contribution < -0.4 is 14.4 Å². The van der Waals surface area contributed by atoms with Crippen LogP contribution in [0.5, 0.6) is 5.75 Å². The van der Waals surface area contributed by atoms with Crippen molar-refractivity contribution in [2.75, 3.05) is 38.3 Å². The number of aliphatic hydroxyl groups is 1. The number of ether oxygens (including phenoxy) is 1. The van der Waals surface area contributed by atoms with Gasteiger partial charge in [0.25, 0.3) is 0 Å². The van der Waals surface area contributed by atoms with Gasteiger partial charge in [0.15, 0.2) is 0 Å². The number of fused-ring (bicyclic) bond motifs is 1. The molecule has 2 N–H and O–H groups in total. The number of benzene rings is 1. The Morgan fingerprint density at radius 3 is 3.00 bits per heavy atom. The van der Waals surface area contributed by atoms with Gasteiger partial charge in [0.1, 0.15) is 12.4 Å². The van der Waals surface area contributed by atoms with E-state index in [4.69, 9.17) is 9.84 Å². The van der Waals surface area contributed by atoms with Crippen molar-refractivity contribution < 1.29 is 18.3 Å². The number of likely N-dealkylation sites (N-methyl/N-ethyl adjacent to an activating group) is 1. The number of hydrogen-bond acceptors (Lipinski definition) is 5. The fourth-order valence-corrected chi connectivity index (χ4v) is 2.80. The summed E-state index contributed by atoms with van der Waals surface area (Å²) in [4.78, 5) is 2.12. The Morgan fingerprint density at radius 1 is 1.50 bits per heavy atom. The smallest absolute Gasteiger partial charge is 0.240 e. The lowest BCUT2D eigenvalue weighted by Crippen LogP contribution is -2.30. The molecule has 1 aliphatic heterocycles. The van der Waals surface area contributed by atoms with Gasteiger partial charge in [-0.05, 0) is 18.2 Å². The molecule has 100 valence electrons. The molecule has 0 aromatic heterocycles. The van der Waals surface area contributed by atoms with Crippen LogP contribution in [0.3, 0.4) is 0 Å². The third-order valence-electron chi connectivity index (χ3n) is 2.74. The van der Waals surface area contributed by atoms with Gasteiger partial charge >= 0.3 is 0 Å². The zero-order valence-corrected chi connectivity index (χ0v) is 10.9. The molecular formula is C11H16N2O4S. The van der Waals surface area contributed by atoms with Crippen LogP contribution in [0, 0.1) is 0 Å². The Balaban J connectivity index is 2.33. The highest BCUT2D eigenvalue weighted by molar-refractivity contribution is 7.89. The molecule has 0 saturated heterocycles. The third kappa shape index (κ3) is 2.58. The van der Waals surface area contributed by atoms with E-state index in [0.29, 0.717) is 12.4 Å². The zero-order valence-electron chi connectivity index (χ0n) is 10.1. The first kappa shape index (κ1) is 13.1. The van der Waals surface area contributed by atoms with E-state index in [-0.39, 0.29) is 18.0 Å². The molecule has 6 nitrogen and oxygen atoms in total. The molecule has 2 rings (SSSR count). The molecule has 0 bridgehead atoms. The van der Waals surface area contributed by atoms with Gasteiger partial charge in [-0.1, -0.05) is 0 Å². The minimum absolute atomic E-state index is 0.00571. The number of anilines is 1. The summed E-state index contributed by atoms with van der Waals surface area (Å²) in [6.45, 7) is 1.10. The fraction of sp³-hybridized carbons (Fsp3) is 0.455. The summed E-state index contributed by atoms with van der Waals surface area (Å²) in [5.74, 6) is 0.685. The van der Waals surface area contributed by atoms with Crippen molar-refractivity contribution in [3.8, 4) is 5.75 Å². The SMILES string of the molecule is CN1CCOc2ccc(S(=O)(=O)NCCO)cc21. The van der Waals surface area contributed by atoms with E-state index in [9.17, 15) is 8.42 Å². The lowest BCUT2D eigenvalue weighted by molar-refractivity contribution is 0.301. The molecular weight excluding hydrogens is 256 g/mol. The molecule has 1 aromatic carbocycles. The van der Waals surface area contributed by atoms with Crippen LogP contribution in [0.1, 0.15) is 0 Å². The van der Waals surface area contributed by atoms with Gasteiger partial charge < -0.3 is 14.7 Å². The Kier molecular flexibility index (Phi) is 3.74. The second-order valence-corrected chi connectivity index (χ2v) is 5.79. The highest BCUT2D eigenvalue weighted by Gasteiger charge is 2.20. The normalized spacial score (nSPS) is 15.1. The quantitative estimate of drug-likeness (QED) is 0.792. The highest BCUT2D eigenvalue weighted by atomic mass is 32.2. The number of rotatable bonds is 4. The van der Waals surface area contributed by atoms with Crippen molar-refractivity contribution in [2.45, 2.75) is 4.90 Å². The van der Waals surface area contributed by atoms with E-state index in [2.05, 4.69) is 4.72 Å².